The normalized spacial score (nSPS) is 12.5. The highest BCUT2D eigenvalue weighted by atomic mass is 16.6. The SMILES string of the molecule is C#C[C@H](CCCCC)ON. The molecule has 0 aliphatic carbocycles. The van der Waals surface area contributed by atoms with E-state index in [9.17, 15) is 0 Å². The van der Waals surface area contributed by atoms with Crippen molar-refractivity contribution in [1.82, 2.24) is 0 Å². The molecule has 0 aromatic heterocycles. The summed E-state index contributed by atoms with van der Waals surface area (Å²) in [5, 5.41) is 0. The topological polar surface area (TPSA) is 35.2 Å². The fourth-order valence-corrected chi connectivity index (χ4v) is 0.770. The molecule has 0 amide bonds. The van der Waals surface area contributed by atoms with E-state index in [4.69, 9.17) is 12.3 Å². The maximum atomic E-state index is 5.11. The van der Waals surface area contributed by atoms with Crippen LogP contribution in [0.4, 0.5) is 0 Å². The molecule has 0 radical (unpaired) electrons. The molecule has 10 heavy (non-hydrogen) atoms. The Morgan fingerprint density at radius 1 is 1.60 bits per heavy atom. The zero-order valence-corrected chi connectivity index (χ0v) is 6.47. The Labute approximate surface area is 62.7 Å². The number of rotatable bonds is 5. The van der Waals surface area contributed by atoms with Crippen LogP contribution in [-0.2, 0) is 4.84 Å². The van der Waals surface area contributed by atoms with Gasteiger partial charge in [0.05, 0.1) is 0 Å². The van der Waals surface area contributed by atoms with E-state index >= 15 is 0 Å². The van der Waals surface area contributed by atoms with Crippen LogP contribution in [0.3, 0.4) is 0 Å². The van der Waals surface area contributed by atoms with Gasteiger partial charge in [0, 0.05) is 0 Å². The zero-order valence-electron chi connectivity index (χ0n) is 6.47. The van der Waals surface area contributed by atoms with Crippen molar-refractivity contribution < 1.29 is 4.84 Å². The highest BCUT2D eigenvalue weighted by Crippen LogP contribution is 2.03. The fourth-order valence-electron chi connectivity index (χ4n) is 0.770. The highest BCUT2D eigenvalue weighted by molar-refractivity contribution is 4.93. The monoisotopic (exact) mass is 141 g/mol. The molecule has 0 aromatic carbocycles. The minimum atomic E-state index is -0.188. The van der Waals surface area contributed by atoms with Gasteiger partial charge in [-0.3, -0.25) is 4.84 Å². The minimum Gasteiger partial charge on any atom is -0.288 e. The lowest BCUT2D eigenvalue weighted by molar-refractivity contribution is 0.0853. The third-order valence-corrected chi connectivity index (χ3v) is 1.42. The number of nitrogens with two attached hydrogens (primary N) is 1. The molecule has 2 nitrogen and oxygen atoms in total. The van der Waals surface area contributed by atoms with Crippen molar-refractivity contribution in [1.29, 1.82) is 0 Å². The smallest absolute Gasteiger partial charge is 0.139 e. The lowest BCUT2D eigenvalue weighted by Gasteiger charge is -2.05. The number of hydrogen-bond donors (Lipinski definition) is 1. The van der Waals surface area contributed by atoms with E-state index in [1.807, 2.05) is 0 Å². The molecule has 0 aromatic rings. The maximum absolute atomic E-state index is 5.11. The summed E-state index contributed by atoms with van der Waals surface area (Å²) in [6.45, 7) is 2.15. The van der Waals surface area contributed by atoms with E-state index in [0.717, 1.165) is 12.8 Å². The van der Waals surface area contributed by atoms with Gasteiger partial charge in [-0.25, -0.2) is 5.90 Å². The first-order valence-electron chi connectivity index (χ1n) is 3.66. The van der Waals surface area contributed by atoms with Gasteiger partial charge in [-0.15, -0.1) is 6.42 Å². The zero-order chi connectivity index (χ0) is 7.82. The second kappa shape index (κ2) is 6.60. The number of unbranched alkanes of at least 4 members (excludes halogenated alkanes) is 2. The summed E-state index contributed by atoms with van der Waals surface area (Å²) in [6, 6.07) is 0. The van der Waals surface area contributed by atoms with Crippen molar-refractivity contribution in [3.8, 4) is 12.3 Å². The first kappa shape index (κ1) is 9.48. The standard InChI is InChI=1S/C8H15NO/c1-3-5-6-7-8(4-2)10-9/h2,8H,3,5-7,9H2,1H3/t8-/m1/s1. The quantitative estimate of drug-likeness (QED) is 0.357. The van der Waals surface area contributed by atoms with Gasteiger partial charge in [0.1, 0.15) is 6.10 Å². The Hall–Kier alpha value is -0.520. The molecular formula is C8H15NO. The van der Waals surface area contributed by atoms with Crippen LogP contribution in [0, 0.1) is 12.3 Å². The Kier molecular flexibility index (Phi) is 6.25. The van der Waals surface area contributed by atoms with Crippen molar-refractivity contribution in [2.75, 3.05) is 0 Å². The van der Waals surface area contributed by atoms with E-state index in [2.05, 4.69) is 17.7 Å². The second-order valence-electron chi connectivity index (χ2n) is 2.29. The predicted octanol–water partition coefficient (Wildman–Crippen LogP) is 1.46. The maximum Gasteiger partial charge on any atom is 0.139 e. The molecule has 0 rings (SSSR count). The van der Waals surface area contributed by atoms with Gasteiger partial charge in [-0.1, -0.05) is 25.7 Å². The molecular weight excluding hydrogens is 126 g/mol. The fraction of sp³-hybridized carbons (Fsp3) is 0.750. The van der Waals surface area contributed by atoms with Crippen LogP contribution in [0.25, 0.3) is 0 Å². The summed E-state index contributed by atoms with van der Waals surface area (Å²) in [6.07, 6.45) is 9.29. The van der Waals surface area contributed by atoms with Crippen LogP contribution >= 0.6 is 0 Å². The summed E-state index contributed by atoms with van der Waals surface area (Å²) >= 11 is 0. The molecule has 0 bridgehead atoms. The molecule has 2 N–H and O–H groups in total. The first-order chi connectivity index (χ1) is 4.85. The summed E-state index contributed by atoms with van der Waals surface area (Å²) in [4.78, 5) is 4.51. The van der Waals surface area contributed by atoms with Crippen molar-refractivity contribution in [3.05, 3.63) is 0 Å². The van der Waals surface area contributed by atoms with Crippen molar-refractivity contribution in [3.63, 3.8) is 0 Å². The summed E-state index contributed by atoms with van der Waals surface area (Å²) < 4.78 is 0. The van der Waals surface area contributed by atoms with Crippen LogP contribution in [0.1, 0.15) is 32.6 Å². The van der Waals surface area contributed by atoms with E-state index in [1.54, 1.807) is 0 Å². The van der Waals surface area contributed by atoms with E-state index in [-0.39, 0.29) is 6.10 Å². The largest absolute Gasteiger partial charge is 0.288 e. The van der Waals surface area contributed by atoms with Crippen molar-refractivity contribution in [2.45, 2.75) is 38.7 Å². The van der Waals surface area contributed by atoms with Crippen LogP contribution in [0.5, 0.6) is 0 Å². The van der Waals surface area contributed by atoms with Gasteiger partial charge in [0.2, 0.25) is 0 Å². The summed E-state index contributed by atoms with van der Waals surface area (Å²) in [5.41, 5.74) is 0. The van der Waals surface area contributed by atoms with E-state index in [0.29, 0.717) is 0 Å². The first-order valence-corrected chi connectivity index (χ1v) is 3.66. The lowest BCUT2D eigenvalue weighted by Crippen LogP contribution is -2.14. The van der Waals surface area contributed by atoms with Gasteiger partial charge >= 0.3 is 0 Å². The van der Waals surface area contributed by atoms with Gasteiger partial charge in [-0.2, -0.15) is 0 Å². The van der Waals surface area contributed by atoms with Gasteiger partial charge < -0.3 is 0 Å². The van der Waals surface area contributed by atoms with E-state index in [1.165, 1.54) is 12.8 Å². The predicted molar refractivity (Wildman–Crippen MR) is 42.0 cm³/mol. The van der Waals surface area contributed by atoms with Crippen LogP contribution < -0.4 is 5.90 Å². The molecule has 2 heteroatoms. The van der Waals surface area contributed by atoms with Gasteiger partial charge in [0.25, 0.3) is 0 Å². The third-order valence-electron chi connectivity index (χ3n) is 1.42. The third kappa shape index (κ3) is 4.37. The molecule has 0 aliphatic rings. The Morgan fingerprint density at radius 3 is 2.70 bits per heavy atom. The average molecular weight is 141 g/mol. The summed E-state index contributed by atoms with van der Waals surface area (Å²) in [7, 11) is 0. The Bertz CT molecular complexity index is 106. The van der Waals surface area contributed by atoms with Gasteiger partial charge in [-0.05, 0) is 12.8 Å². The molecule has 1 atom stereocenters. The molecule has 0 heterocycles. The van der Waals surface area contributed by atoms with Crippen LogP contribution in [0.2, 0.25) is 0 Å². The minimum absolute atomic E-state index is 0.188. The average Bonchev–Trinajstić information content (AvgIpc) is 1.99. The molecule has 0 saturated carbocycles. The Balaban J connectivity index is 3.20. The Morgan fingerprint density at radius 2 is 2.30 bits per heavy atom. The molecule has 0 unspecified atom stereocenters. The van der Waals surface area contributed by atoms with E-state index < -0.39 is 0 Å². The molecule has 0 fully saturated rings. The van der Waals surface area contributed by atoms with Crippen LogP contribution in [0.15, 0.2) is 0 Å². The molecule has 0 spiro atoms. The molecule has 0 saturated heterocycles. The van der Waals surface area contributed by atoms with Crippen molar-refractivity contribution >= 4 is 0 Å². The molecule has 0 aliphatic heterocycles. The highest BCUT2D eigenvalue weighted by Gasteiger charge is 2.00. The van der Waals surface area contributed by atoms with Crippen LogP contribution in [-0.4, -0.2) is 6.10 Å². The van der Waals surface area contributed by atoms with Gasteiger partial charge in [0.15, 0.2) is 0 Å². The van der Waals surface area contributed by atoms with Crippen molar-refractivity contribution in [2.24, 2.45) is 5.90 Å². The number of hydrogen-bond acceptors (Lipinski definition) is 2. The second-order valence-corrected chi connectivity index (χ2v) is 2.29. The molecule has 58 valence electrons. The summed E-state index contributed by atoms with van der Waals surface area (Å²) in [5.74, 6) is 7.39. The lowest BCUT2D eigenvalue weighted by atomic mass is 10.1. The number of terminal acetylenes is 1.